The van der Waals surface area contributed by atoms with E-state index in [1.807, 2.05) is 44.2 Å². The van der Waals surface area contributed by atoms with Crippen molar-refractivity contribution in [2.75, 3.05) is 0 Å². The lowest BCUT2D eigenvalue weighted by Gasteiger charge is -2.09. The average Bonchev–Trinajstić information content (AvgIpc) is 2.32. The molecule has 4 heteroatoms. The van der Waals surface area contributed by atoms with Gasteiger partial charge in [0.15, 0.2) is 0 Å². The van der Waals surface area contributed by atoms with Crippen LogP contribution in [0.5, 0.6) is 11.6 Å². The fourth-order valence-corrected chi connectivity index (χ4v) is 2.37. The zero-order chi connectivity index (χ0) is 13.1. The van der Waals surface area contributed by atoms with Crippen LogP contribution in [-0.2, 0) is 5.88 Å². The van der Waals surface area contributed by atoms with Crippen LogP contribution in [-0.4, -0.2) is 4.98 Å². The molecular weight excluding hydrogens is 314 g/mol. The molecule has 0 amide bonds. The van der Waals surface area contributed by atoms with Crippen LogP contribution in [0.3, 0.4) is 0 Å². The predicted octanol–water partition coefficient (Wildman–Crippen LogP) is 4.99. The maximum Gasteiger partial charge on any atom is 0.219 e. The Bertz CT molecular complexity index is 572. The first-order chi connectivity index (χ1) is 8.58. The monoisotopic (exact) mass is 325 g/mol. The summed E-state index contributed by atoms with van der Waals surface area (Å²) in [4.78, 5) is 4.34. The van der Waals surface area contributed by atoms with Crippen molar-refractivity contribution in [2.45, 2.75) is 19.7 Å². The molecule has 1 heterocycles. The SMILES string of the molecule is Cc1ccc(Oc2cc(CCl)cc(C)n2)c(Br)c1. The van der Waals surface area contributed by atoms with Crippen LogP contribution in [0, 0.1) is 13.8 Å². The summed E-state index contributed by atoms with van der Waals surface area (Å²) < 4.78 is 6.69. The number of pyridine rings is 1. The highest BCUT2D eigenvalue weighted by atomic mass is 79.9. The maximum absolute atomic E-state index is 5.83. The lowest BCUT2D eigenvalue weighted by atomic mass is 10.2. The van der Waals surface area contributed by atoms with Crippen molar-refractivity contribution >= 4 is 27.5 Å². The Morgan fingerprint density at radius 3 is 2.67 bits per heavy atom. The number of alkyl halides is 1. The Kier molecular flexibility index (Phi) is 4.25. The minimum atomic E-state index is 0.453. The fourth-order valence-electron chi connectivity index (χ4n) is 1.64. The van der Waals surface area contributed by atoms with Gasteiger partial charge in [-0.1, -0.05) is 6.07 Å². The molecular formula is C14H13BrClNO. The van der Waals surface area contributed by atoms with E-state index in [4.69, 9.17) is 16.3 Å². The van der Waals surface area contributed by atoms with Crippen molar-refractivity contribution in [3.8, 4) is 11.6 Å². The van der Waals surface area contributed by atoms with Crippen molar-refractivity contribution in [1.29, 1.82) is 0 Å². The van der Waals surface area contributed by atoms with E-state index < -0.39 is 0 Å². The minimum absolute atomic E-state index is 0.453. The first-order valence-electron chi connectivity index (χ1n) is 5.56. The van der Waals surface area contributed by atoms with Crippen LogP contribution >= 0.6 is 27.5 Å². The third-order valence-electron chi connectivity index (χ3n) is 2.45. The number of hydrogen-bond donors (Lipinski definition) is 0. The van der Waals surface area contributed by atoms with Gasteiger partial charge in [-0.2, -0.15) is 0 Å². The van der Waals surface area contributed by atoms with Crippen LogP contribution < -0.4 is 4.74 Å². The van der Waals surface area contributed by atoms with Crippen molar-refractivity contribution in [3.05, 3.63) is 51.6 Å². The van der Waals surface area contributed by atoms with Gasteiger partial charge in [0.1, 0.15) is 5.75 Å². The van der Waals surface area contributed by atoms with Crippen molar-refractivity contribution in [2.24, 2.45) is 0 Å². The minimum Gasteiger partial charge on any atom is -0.438 e. The summed E-state index contributed by atoms with van der Waals surface area (Å²) in [5.41, 5.74) is 3.07. The van der Waals surface area contributed by atoms with Crippen LogP contribution in [0.4, 0.5) is 0 Å². The first-order valence-corrected chi connectivity index (χ1v) is 6.89. The van der Waals surface area contributed by atoms with Crippen molar-refractivity contribution < 1.29 is 4.74 Å². The van der Waals surface area contributed by atoms with Gasteiger partial charge in [-0.3, -0.25) is 0 Å². The number of ether oxygens (including phenoxy) is 1. The molecule has 2 aromatic rings. The van der Waals surface area contributed by atoms with E-state index in [-0.39, 0.29) is 0 Å². The topological polar surface area (TPSA) is 22.1 Å². The molecule has 0 N–H and O–H groups in total. The lowest BCUT2D eigenvalue weighted by molar-refractivity contribution is 0.458. The predicted molar refractivity (Wildman–Crippen MR) is 77.5 cm³/mol. The summed E-state index contributed by atoms with van der Waals surface area (Å²) in [5.74, 6) is 1.77. The van der Waals surface area contributed by atoms with Crippen LogP contribution in [0.2, 0.25) is 0 Å². The highest BCUT2D eigenvalue weighted by Crippen LogP contribution is 2.30. The van der Waals surface area contributed by atoms with Gasteiger partial charge in [0, 0.05) is 17.6 Å². The number of rotatable bonds is 3. The normalized spacial score (nSPS) is 10.4. The smallest absolute Gasteiger partial charge is 0.219 e. The fraction of sp³-hybridized carbons (Fsp3) is 0.214. The van der Waals surface area contributed by atoms with Gasteiger partial charge in [-0.25, -0.2) is 4.98 Å². The Morgan fingerprint density at radius 2 is 2.00 bits per heavy atom. The summed E-state index contributed by atoms with van der Waals surface area (Å²) in [6, 6.07) is 9.73. The largest absolute Gasteiger partial charge is 0.438 e. The molecule has 0 bridgehead atoms. The Morgan fingerprint density at radius 1 is 1.22 bits per heavy atom. The number of nitrogens with zero attached hydrogens (tertiary/aromatic N) is 1. The molecule has 2 nitrogen and oxygen atoms in total. The van der Waals surface area contributed by atoms with E-state index in [1.54, 1.807) is 0 Å². The Balaban J connectivity index is 2.30. The molecule has 0 fully saturated rings. The standard InChI is InChI=1S/C14H13BrClNO/c1-9-3-4-13(12(15)5-9)18-14-7-11(8-16)6-10(2)17-14/h3-7H,8H2,1-2H3. The van der Waals surface area contributed by atoms with E-state index in [1.165, 1.54) is 5.56 Å². The zero-order valence-corrected chi connectivity index (χ0v) is 12.5. The number of hydrogen-bond acceptors (Lipinski definition) is 2. The number of aryl methyl sites for hydroxylation is 2. The van der Waals surface area contributed by atoms with E-state index >= 15 is 0 Å². The second-order valence-corrected chi connectivity index (χ2v) is 5.25. The van der Waals surface area contributed by atoms with Gasteiger partial charge in [0.2, 0.25) is 5.88 Å². The molecule has 18 heavy (non-hydrogen) atoms. The Labute approximate surface area is 120 Å². The molecule has 0 aliphatic carbocycles. The summed E-state index contributed by atoms with van der Waals surface area (Å²) >= 11 is 9.31. The van der Waals surface area contributed by atoms with Crippen LogP contribution in [0.15, 0.2) is 34.8 Å². The molecule has 1 aromatic carbocycles. The highest BCUT2D eigenvalue weighted by Gasteiger charge is 2.06. The maximum atomic E-state index is 5.83. The quantitative estimate of drug-likeness (QED) is 0.741. The molecule has 0 aliphatic heterocycles. The van der Waals surface area contributed by atoms with E-state index in [0.717, 1.165) is 21.5 Å². The average molecular weight is 327 g/mol. The molecule has 0 unspecified atom stereocenters. The van der Waals surface area contributed by atoms with E-state index in [0.29, 0.717) is 11.8 Å². The molecule has 0 aliphatic rings. The van der Waals surface area contributed by atoms with Crippen LogP contribution in [0.25, 0.3) is 0 Å². The van der Waals surface area contributed by atoms with Gasteiger partial charge in [0.25, 0.3) is 0 Å². The highest BCUT2D eigenvalue weighted by molar-refractivity contribution is 9.10. The van der Waals surface area contributed by atoms with Crippen molar-refractivity contribution in [3.63, 3.8) is 0 Å². The van der Waals surface area contributed by atoms with Gasteiger partial charge >= 0.3 is 0 Å². The summed E-state index contributed by atoms with van der Waals surface area (Å²) in [6.07, 6.45) is 0. The summed E-state index contributed by atoms with van der Waals surface area (Å²) in [6.45, 7) is 3.96. The third kappa shape index (κ3) is 3.24. The molecule has 0 saturated carbocycles. The molecule has 0 saturated heterocycles. The molecule has 0 atom stereocenters. The van der Waals surface area contributed by atoms with E-state index in [2.05, 4.69) is 20.9 Å². The molecule has 0 spiro atoms. The molecule has 0 radical (unpaired) electrons. The summed E-state index contributed by atoms with van der Waals surface area (Å²) in [5, 5.41) is 0. The molecule has 94 valence electrons. The lowest BCUT2D eigenvalue weighted by Crippen LogP contribution is -1.93. The molecule has 1 aromatic heterocycles. The second-order valence-electron chi connectivity index (χ2n) is 4.12. The Hall–Kier alpha value is -1.06. The zero-order valence-electron chi connectivity index (χ0n) is 10.2. The van der Waals surface area contributed by atoms with Crippen LogP contribution in [0.1, 0.15) is 16.8 Å². The molecule has 2 rings (SSSR count). The van der Waals surface area contributed by atoms with Gasteiger partial charge in [-0.15, -0.1) is 11.6 Å². The number of benzene rings is 1. The summed E-state index contributed by atoms with van der Waals surface area (Å²) in [7, 11) is 0. The number of aromatic nitrogens is 1. The second kappa shape index (κ2) is 5.72. The van der Waals surface area contributed by atoms with Gasteiger partial charge in [-0.05, 0) is 59.1 Å². The van der Waals surface area contributed by atoms with E-state index in [9.17, 15) is 0 Å². The first kappa shape index (κ1) is 13.4. The van der Waals surface area contributed by atoms with Crippen molar-refractivity contribution in [1.82, 2.24) is 4.98 Å². The van der Waals surface area contributed by atoms with Gasteiger partial charge < -0.3 is 4.74 Å². The van der Waals surface area contributed by atoms with Gasteiger partial charge in [0.05, 0.1) is 4.47 Å². The third-order valence-corrected chi connectivity index (χ3v) is 3.37. The number of halogens is 2.